The lowest BCUT2D eigenvalue weighted by Crippen LogP contribution is -2.15. The fourth-order valence-electron chi connectivity index (χ4n) is 2.60. The van der Waals surface area contributed by atoms with Gasteiger partial charge in [-0.25, -0.2) is 9.37 Å². The molecule has 0 saturated carbocycles. The molecule has 0 bridgehead atoms. The van der Waals surface area contributed by atoms with E-state index in [1.807, 2.05) is 0 Å². The van der Waals surface area contributed by atoms with Crippen LogP contribution < -0.4 is 15.8 Å². The van der Waals surface area contributed by atoms with Crippen molar-refractivity contribution in [2.24, 2.45) is 0 Å². The Kier molecular flexibility index (Phi) is 5.64. The van der Waals surface area contributed by atoms with E-state index in [0.29, 0.717) is 29.6 Å². The van der Waals surface area contributed by atoms with Crippen molar-refractivity contribution in [3.05, 3.63) is 76.7 Å². The molecule has 0 spiro atoms. The Bertz CT molecular complexity index is 1100. The summed E-state index contributed by atoms with van der Waals surface area (Å²) in [6, 6.07) is 9.23. The molecule has 1 aromatic heterocycles. The zero-order valence-electron chi connectivity index (χ0n) is 16.0. The van der Waals surface area contributed by atoms with Crippen LogP contribution in [0, 0.1) is 19.7 Å². The average Bonchev–Trinajstić information content (AvgIpc) is 2.67. The minimum Gasteiger partial charge on any atom is -0.454 e. The van der Waals surface area contributed by atoms with Crippen molar-refractivity contribution in [3.8, 4) is 11.5 Å². The molecule has 5 nitrogen and oxygen atoms in total. The Hall–Kier alpha value is -3.62. The number of ether oxygens (including phenoxy) is 1. The quantitative estimate of drug-likeness (QED) is 0.549. The number of nitrogens with one attached hydrogen (secondary N) is 1. The van der Waals surface area contributed by atoms with Crippen molar-refractivity contribution in [2.75, 3.05) is 11.1 Å². The van der Waals surface area contributed by atoms with Crippen LogP contribution >= 0.6 is 0 Å². The molecule has 0 aliphatic carbocycles. The lowest BCUT2D eigenvalue weighted by molar-refractivity contribution is -0.137. The number of anilines is 2. The number of nitrogens with zero attached hydrogens (tertiary/aromatic N) is 1. The number of aromatic nitrogens is 1. The molecule has 9 heteroatoms. The van der Waals surface area contributed by atoms with E-state index >= 15 is 0 Å². The van der Waals surface area contributed by atoms with Crippen molar-refractivity contribution in [3.63, 3.8) is 0 Å². The fourth-order valence-corrected chi connectivity index (χ4v) is 2.60. The zero-order valence-corrected chi connectivity index (χ0v) is 16.0. The second-order valence-corrected chi connectivity index (χ2v) is 6.55. The van der Waals surface area contributed by atoms with Gasteiger partial charge in [0.05, 0.1) is 11.1 Å². The molecule has 3 rings (SSSR count). The first-order valence-electron chi connectivity index (χ1n) is 8.74. The largest absolute Gasteiger partial charge is 0.454 e. The van der Waals surface area contributed by atoms with Gasteiger partial charge in [-0.15, -0.1) is 0 Å². The first-order valence-corrected chi connectivity index (χ1v) is 8.74. The van der Waals surface area contributed by atoms with E-state index in [2.05, 4.69) is 10.3 Å². The Morgan fingerprint density at radius 1 is 1.07 bits per heavy atom. The van der Waals surface area contributed by atoms with Crippen molar-refractivity contribution >= 4 is 17.4 Å². The number of amides is 1. The highest BCUT2D eigenvalue weighted by Gasteiger charge is 2.31. The summed E-state index contributed by atoms with van der Waals surface area (Å²) in [4.78, 5) is 16.5. The standard InChI is InChI=1S/C21H17F4N3O2/c1-11-9-16(19(26)27-12(11)2)20(29)28-14-4-6-15(7-5-14)30-18-10-13(21(23,24)25)3-8-17(18)22/h3-10H,1-2H3,(H2,26,27)(H,28,29). The summed E-state index contributed by atoms with van der Waals surface area (Å²) in [7, 11) is 0. The van der Waals surface area contributed by atoms with Crippen molar-refractivity contribution in [2.45, 2.75) is 20.0 Å². The van der Waals surface area contributed by atoms with E-state index in [4.69, 9.17) is 10.5 Å². The Balaban J connectivity index is 1.75. The van der Waals surface area contributed by atoms with Gasteiger partial charge in [-0.05, 0) is 67.9 Å². The van der Waals surface area contributed by atoms with Gasteiger partial charge in [0, 0.05) is 11.4 Å². The van der Waals surface area contributed by atoms with E-state index in [1.54, 1.807) is 19.9 Å². The second-order valence-electron chi connectivity index (χ2n) is 6.55. The highest BCUT2D eigenvalue weighted by molar-refractivity contribution is 6.07. The van der Waals surface area contributed by atoms with Crippen molar-refractivity contribution in [1.82, 2.24) is 4.98 Å². The predicted octanol–water partition coefficient (Wildman–Crippen LogP) is 5.48. The molecule has 3 aromatic rings. The maximum Gasteiger partial charge on any atom is 0.416 e. The van der Waals surface area contributed by atoms with Crippen LogP contribution in [0.3, 0.4) is 0 Å². The summed E-state index contributed by atoms with van der Waals surface area (Å²) in [5.74, 6) is -1.77. The molecule has 156 valence electrons. The lowest BCUT2D eigenvalue weighted by atomic mass is 10.1. The first kappa shape index (κ1) is 21.1. The van der Waals surface area contributed by atoms with Crippen LogP contribution in [0.2, 0.25) is 0 Å². The van der Waals surface area contributed by atoms with Crippen LogP contribution in [-0.4, -0.2) is 10.9 Å². The van der Waals surface area contributed by atoms with E-state index in [1.165, 1.54) is 24.3 Å². The smallest absolute Gasteiger partial charge is 0.416 e. The van der Waals surface area contributed by atoms with Gasteiger partial charge in [-0.1, -0.05) is 0 Å². The van der Waals surface area contributed by atoms with Crippen molar-refractivity contribution in [1.29, 1.82) is 0 Å². The van der Waals surface area contributed by atoms with E-state index in [0.717, 1.165) is 5.56 Å². The predicted molar refractivity (Wildman–Crippen MR) is 104 cm³/mol. The van der Waals surface area contributed by atoms with Crippen LogP contribution in [0.1, 0.15) is 27.2 Å². The third-order valence-corrected chi connectivity index (χ3v) is 4.34. The van der Waals surface area contributed by atoms with Gasteiger partial charge in [-0.2, -0.15) is 13.2 Å². The number of halogens is 4. The number of carbonyl (C=O) groups is 1. The number of carbonyl (C=O) groups excluding carboxylic acids is 1. The molecule has 0 unspecified atom stereocenters. The van der Waals surface area contributed by atoms with Gasteiger partial charge in [0.2, 0.25) is 0 Å². The normalized spacial score (nSPS) is 11.3. The lowest BCUT2D eigenvalue weighted by Gasteiger charge is -2.12. The molecule has 30 heavy (non-hydrogen) atoms. The van der Waals surface area contributed by atoms with Gasteiger partial charge in [0.25, 0.3) is 5.91 Å². The minimum atomic E-state index is -4.62. The molecular formula is C21H17F4N3O2. The molecule has 0 fully saturated rings. The van der Waals surface area contributed by atoms with Gasteiger partial charge in [0.1, 0.15) is 11.6 Å². The zero-order chi connectivity index (χ0) is 22.1. The number of alkyl halides is 3. The molecule has 2 aromatic carbocycles. The fraction of sp³-hybridized carbons (Fsp3) is 0.143. The molecule has 0 aliphatic rings. The summed E-state index contributed by atoms with van der Waals surface area (Å²) in [5.41, 5.74) is 6.90. The van der Waals surface area contributed by atoms with Gasteiger partial charge in [0.15, 0.2) is 11.6 Å². The monoisotopic (exact) mass is 419 g/mol. The van der Waals surface area contributed by atoms with Gasteiger partial charge >= 0.3 is 6.18 Å². The number of nitrogens with two attached hydrogens (primary N) is 1. The highest BCUT2D eigenvalue weighted by Crippen LogP contribution is 2.34. The maximum absolute atomic E-state index is 13.8. The van der Waals surface area contributed by atoms with Crippen LogP contribution in [0.4, 0.5) is 29.1 Å². The SMILES string of the molecule is Cc1cc(C(=O)Nc2ccc(Oc3cc(C(F)(F)F)ccc3F)cc2)c(N)nc1C. The van der Waals surface area contributed by atoms with E-state index in [9.17, 15) is 22.4 Å². The Morgan fingerprint density at radius 3 is 2.37 bits per heavy atom. The molecule has 1 heterocycles. The topological polar surface area (TPSA) is 77.2 Å². The van der Waals surface area contributed by atoms with Crippen LogP contribution in [-0.2, 0) is 6.18 Å². The first-order chi connectivity index (χ1) is 14.0. The number of pyridine rings is 1. The minimum absolute atomic E-state index is 0.0931. The molecule has 0 radical (unpaired) electrons. The molecule has 3 N–H and O–H groups in total. The molecule has 0 aliphatic heterocycles. The number of nitrogen functional groups attached to an aromatic ring is 1. The summed E-state index contributed by atoms with van der Waals surface area (Å²) < 4.78 is 57.4. The van der Waals surface area contributed by atoms with Crippen LogP contribution in [0.25, 0.3) is 0 Å². The Morgan fingerprint density at radius 2 is 1.73 bits per heavy atom. The molecular weight excluding hydrogens is 402 g/mol. The maximum atomic E-state index is 13.8. The number of benzene rings is 2. The van der Waals surface area contributed by atoms with Gasteiger partial charge in [-0.3, -0.25) is 4.79 Å². The molecule has 1 amide bonds. The van der Waals surface area contributed by atoms with Crippen molar-refractivity contribution < 1.29 is 27.1 Å². The van der Waals surface area contributed by atoms with E-state index < -0.39 is 29.2 Å². The Labute approximate surface area is 169 Å². The second kappa shape index (κ2) is 8.02. The van der Waals surface area contributed by atoms with Crippen LogP contribution in [0.15, 0.2) is 48.5 Å². The summed E-state index contributed by atoms with van der Waals surface area (Å²) in [6.45, 7) is 3.58. The average molecular weight is 419 g/mol. The third kappa shape index (κ3) is 4.68. The number of aryl methyl sites for hydroxylation is 2. The number of hydrogen-bond acceptors (Lipinski definition) is 4. The van der Waals surface area contributed by atoms with E-state index in [-0.39, 0.29) is 17.1 Å². The molecule has 0 saturated heterocycles. The number of rotatable bonds is 4. The number of hydrogen-bond donors (Lipinski definition) is 2. The summed E-state index contributed by atoms with van der Waals surface area (Å²) in [5, 5.41) is 2.64. The molecule has 0 atom stereocenters. The van der Waals surface area contributed by atoms with Crippen LogP contribution in [0.5, 0.6) is 11.5 Å². The summed E-state index contributed by atoms with van der Waals surface area (Å²) in [6.07, 6.45) is -4.62. The summed E-state index contributed by atoms with van der Waals surface area (Å²) >= 11 is 0. The van der Waals surface area contributed by atoms with Gasteiger partial charge < -0.3 is 15.8 Å². The highest BCUT2D eigenvalue weighted by atomic mass is 19.4. The third-order valence-electron chi connectivity index (χ3n) is 4.34.